The fourth-order valence-corrected chi connectivity index (χ4v) is 4.58. The van der Waals surface area contributed by atoms with Crippen LogP contribution in [-0.2, 0) is 0 Å². The lowest BCUT2D eigenvalue weighted by Gasteiger charge is -2.39. The Morgan fingerprint density at radius 2 is 2.10 bits per heavy atom. The van der Waals surface area contributed by atoms with Crippen molar-refractivity contribution in [1.29, 1.82) is 0 Å². The predicted molar refractivity (Wildman–Crippen MR) is 81.9 cm³/mol. The Morgan fingerprint density at radius 3 is 2.62 bits per heavy atom. The van der Waals surface area contributed by atoms with Crippen LogP contribution < -0.4 is 5.32 Å². The second kappa shape index (κ2) is 4.70. The van der Waals surface area contributed by atoms with Crippen LogP contribution >= 0.6 is 11.6 Å². The molecule has 1 aromatic rings. The molecule has 3 atom stereocenters. The lowest BCUT2D eigenvalue weighted by molar-refractivity contribution is 0.0826. The van der Waals surface area contributed by atoms with Gasteiger partial charge in [0.1, 0.15) is 5.82 Å². The third-order valence-corrected chi connectivity index (χ3v) is 6.59. The van der Waals surface area contributed by atoms with Crippen LogP contribution in [0.15, 0.2) is 18.2 Å². The summed E-state index contributed by atoms with van der Waals surface area (Å²) in [6.07, 6.45) is 3.41. The first-order valence-electron chi connectivity index (χ1n) is 7.51. The quantitative estimate of drug-likeness (QED) is 0.860. The van der Waals surface area contributed by atoms with Crippen molar-refractivity contribution in [2.45, 2.75) is 46.1 Å². The van der Waals surface area contributed by atoms with Crippen LogP contribution in [0.5, 0.6) is 0 Å². The normalized spacial score (nSPS) is 33.2. The number of hydrogen-bond acceptors (Lipinski definition) is 1. The molecular weight excluding hydrogens is 289 g/mol. The van der Waals surface area contributed by atoms with E-state index in [1.807, 2.05) is 0 Å². The number of fused-ring (bicyclic) bond motifs is 2. The zero-order chi connectivity index (χ0) is 15.4. The Morgan fingerprint density at radius 1 is 1.38 bits per heavy atom. The molecule has 2 fully saturated rings. The number of carbonyl (C=O) groups excluding carboxylic acids is 1. The minimum Gasteiger partial charge on any atom is -0.349 e. The van der Waals surface area contributed by atoms with Crippen LogP contribution in [0.1, 0.15) is 50.4 Å². The Bertz CT molecular complexity index is 600. The number of nitrogens with one attached hydrogen (secondary N) is 1. The van der Waals surface area contributed by atoms with Gasteiger partial charge in [-0.05, 0) is 54.2 Å². The highest BCUT2D eigenvalue weighted by Gasteiger charge is 2.61. The molecule has 2 nitrogen and oxygen atoms in total. The molecule has 2 aliphatic carbocycles. The first kappa shape index (κ1) is 14.8. The van der Waals surface area contributed by atoms with Crippen molar-refractivity contribution >= 4 is 17.5 Å². The summed E-state index contributed by atoms with van der Waals surface area (Å²) < 4.78 is 13.1. The maximum atomic E-state index is 13.1. The van der Waals surface area contributed by atoms with E-state index in [0.29, 0.717) is 11.5 Å². The number of halogens is 2. The Hall–Kier alpha value is -1.09. The van der Waals surface area contributed by atoms with Crippen molar-refractivity contribution in [3.63, 3.8) is 0 Å². The molecule has 3 unspecified atom stereocenters. The zero-order valence-corrected chi connectivity index (χ0v) is 13.4. The van der Waals surface area contributed by atoms with Gasteiger partial charge in [-0.3, -0.25) is 4.79 Å². The molecule has 21 heavy (non-hydrogen) atoms. The molecule has 3 rings (SSSR count). The average Bonchev–Trinajstić information content (AvgIpc) is 2.71. The molecule has 2 saturated carbocycles. The van der Waals surface area contributed by atoms with E-state index in [1.165, 1.54) is 24.6 Å². The van der Waals surface area contributed by atoms with Gasteiger partial charge < -0.3 is 5.32 Å². The lowest BCUT2D eigenvalue weighted by atomic mass is 9.69. The minimum absolute atomic E-state index is 0.125. The van der Waals surface area contributed by atoms with Crippen molar-refractivity contribution in [3.05, 3.63) is 34.6 Å². The smallest absolute Gasteiger partial charge is 0.253 e. The van der Waals surface area contributed by atoms with Crippen molar-refractivity contribution in [2.24, 2.45) is 16.7 Å². The van der Waals surface area contributed by atoms with Gasteiger partial charge in [0.2, 0.25) is 0 Å². The number of rotatable bonds is 2. The molecule has 0 radical (unpaired) electrons. The van der Waals surface area contributed by atoms with E-state index in [4.69, 9.17) is 11.6 Å². The van der Waals surface area contributed by atoms with E-state index < -0.39 is 5.82 Å². The lowest BCUT2D eigenvalue weighted by Crippen LogP contribution is -2.46. The van der Waals surface area contributed by atoms with Gasteiger partial charge in [-0.2, -0.15) is 0 Å². The largest absolute Gasteiger partial charge is 0.349 e. The average molecular weight is 310 g/mol. The van der Waals surface area contributed by atoms with Crippen molar-refractivity contribution in [3.8, 4) is 0 Å². The molecule has 0 aliphatic heterocycles. The summed E-state index contributed by atoms with van der Waals surface area (Å²) in [6.45, 7) is 6.89. The summed E-state index contributed by atoms with van der Waals surface area (Å²) in [7, 11) is 0. The second-order valence-electron chi connectivity index (χ2n) is 7.26. The standard InChI is InChI=1S/C17H21ClFNO/c1-16(2)10-6-7-17(16,3)14(8-10)20-15(21)12-5-4-11(19)9-13(12)18/h4-5,9-10,14H,6-8H2,1-3H3,(H,20,21). The van der Waals surface area contributed by atoms with E-state index in [-0.39, 0.29) is 27.8 Å². The molecule has 1 amide bonds. The van der Waals surface area contributed by atoms with Crippen LogP contribution in [0.4, 0.5) is 4.39 Å². The van der Waals surface area contributed by atoms with E-state index >= 15 is 0 Å². The maximum Gasteiger partial charge on any atom is 0.253 e. The molecule has 1 aromatic carbocycles. The highest BCUT2D eigenvalue weighted by Crippen LogP contribution is 2.65. The van der Waals surface area contributed by atoms with E-state index in [9.17, 15) is 9.18 Å². The highest BCUT2D eigenvalue weighted by molar-refractivity contribution is 6.33. The van der Waals surface area contributed by atoms with E-state index in [0.717, 1.165) is 12.8 Å². The monoisotopic (exact) mass is 309 g/mol. The van der Waals surface area contributed by atoms with Crippen LogP contribution in [-0.4, -0.2) is 11.9 Å². The predicted octanol–water partition coefficient (Wildman–Crippen LogP) is 4.42. The molecule has 0 saturated heterocycles. The molecular formula is C17H21ClFNO. The van der Waals surface area contributed by atoms with Crippen molar-refractivity contribution < 1.29 is 9.18 Å². The SMILES string of the molecule is CC1(C)C2CCC1(C)C(NC(=O)c1ccc(F)cc1Cl)C2. The van der Waals surface area contributed by atoms with Gasteiger partial charge >= 0.3 is 0 Å². The maximum absolute atomic E-state index is 13.1. The minimum atomic E-state index is -0.426. The second-order valence-corrected chi connectivity index (χ2v) is 7.67. The molecule has 0 spiro atoms. The van der Waals surface area contributed by atoms with Gasteiger partial charge in [-0.25, -0.2) is 4.39 Å². The summed E-state index contributed by atoms with van der Waals surface area (Å²) in [4.78, 5) is 12.4. The van der Waals surface area contributed by atoms with Gasteiger partial charge in [-0.15, -0.1) is 0 Å². The Kier molecular flexibility index (Phi) is 3.32. The number of carbonyl (C=O) groups is 1. The first-order valence-corrected chi connectivity index (χ1v) is 7.89. The summed E-state index contributed by atoms with van der Waals surface area (Å²) in [5.41, 5.74) is 0.722. The molecule has 4 heteroatoms. The van der Waals surface area contributed by atoms with Crippen LogP contribution in [0.2, 0.25) is 5.02 Å². The number of amides is 1. The van der Waals surface area contributed by atoms with Gasteiger partial charge in [-0.1, -0.05) is 32.4 Å². The molecule has 0 heterocycles. The fraction of sp³-hybridized carbons (Fsp3) is 0.588. The van der Waals surface area contributed by atoms with Crippen molar-refractivity contribution in [2.75, 3.05) is 0 Å². The van der Waals surface area contributed by atoms with E-state index in [1.54, 1.807) is 0 Å². The third kappa shape index (κ3) is 2.09. The van der Waals surface area contributed by atoms with Crippen LogP contribution in [0.3, 0.4) is 0 Å². The first-order chi connectivity index (χ1) is 9.75. The molecule has 0 aromatic heterocycles. The van der Waals surface area contributed by atoms with Crippen LogP contribution in [0, 0.1) is 22.6 Å². The molecule has 2 bridgehead atoms. The highest BCUT2D eigenvalue weighted by atomic mass is 35.5. The van der Waals surface area contributed by atoms with Crippen LogP contribution in [0.25, 0.3) is 0 Å². The molecule has 1 N–H and O–H groups in total. The topological polar surface area (TPSA) is 29.1 Å². The summed E-state index contributed by atoms with van der Waals surface area (Å²) >= 11 is 5.98. The summed E-state index contributed by atoms with van der Waals surface area (Å²) in [5.74, 6) is 0.0376. The third-order valence-electron chi connectivity index (χ3n) is 6.28. The Balaban J connectivity index is 1.80. The number of hydrogen-bond donors (Lipinski definition) is 1. The van der Waals surface area contributed by atoms with Gasteiger partial charge in [0.25, 0.3) is 5.91 Å². The van der Waals surface area contributed by atoms with E-state index in [2.05, 4.69) is 26.1 Å². The van der Waals surface area contributed by atoms with Crippen molar-refractivity contribution in [1.82, 2.24) is 5.32 Å². The number of benzene rings is 1. The summed E-state index contributed by atoms with van der Waals surface area (Å²) in [6, 6.07) is 4.07. The fourth-order valence-electron chi connectivity index (χ4n) is 4.33. The summed E-state index contributed by atoms with van der Waals surface area (Å²) in [5, 5.41) is 3.30. The molecule has 114 valence electrons. The van der Waals surface area contributed by atoms with Gasteiger partial charge in [0.05, 0.1) is 10.6 Å². The zero-order valence-electron chi connectivity index (χ0n) is 12.7. The Labute approximate surface area is 130 Å². The molecule has 2 aliphatic rings. The van der Waals surface area contributed by atoms with Gasteiger partial charge in [0.15, 0.2) is 0 Å². The van der Waals surface area contributed by atoms with Gasteiger partial charge in [0, 0.05) is 6.04 Å².